The van der Waals surface area contributed by atoms with E-state index in [1.54, 1.807) is 7.05 Å². The predicted molar refractivity (Wildman–Crippen MR) is 60.3 cm³/mol. The molecule has 1 aliphatic heterocycles. The number of anilines is 1. The number of hydrogen-bond donors (Lipinski definition) is 1. The Bertz CT molecular complexity index is 394. The van der Waals surface area contributed by atoms with Crippen LogP contribution in [-0.2, 0) is 10.9 Å². The van der Waals surface area contributed by atoms with E-state index in [9.17, 15) is 13.2 Å². The molecule has 1 aromatic rings. The summed E-state index contributed by atoms with van der Waals surface area (Å²) in [5.41, 5.74) is -0.732. The summed E-state index contributed by atoms with van der Waals surface area (Å²) in [6.07, 6.45) is -3.61. The van der Waals surface area contributed by atoms with Crippen LogP contribution in [0.1, 0.15) is 5.56 Å². The summed E-state index contributed by atoms with van der Waals surface area (Å²) in [5, 5.41) is 2.97. The third kappa shape index (κ3) is 2.91. The maximum Gasteiger partial charge on any atom is 0.417 e. The number of aromatic nitrogens is 1. The zero-order valence-electron chi connectivity index (χ0n) is 9.87. The van der Waals surface area contributed by atoms with E-state index < -0.39 is 11.7 Å². The Kier molecular flexibility index (Phi) is 3.72. The van der Waals surface area contributed by atoms with Crippen LogP contribution in [-0.4, -0.2) is 38.0 Å². The minimum absolute atomic E-state index is 0.122. The van der Waals surface area contributed by atoms with Gasteiger partial charge in [0.1, 0.15) is 12.0 Å². The van der Waals surface area contributed by atoms with Crippen molar-refractivity contribution in [3.05, 3.63) is 23.9 Å². The van der Waals surface area contributed by atoms with Crippen LogP contribution in [0.5, 0.6) is 0 Å². The normalized spacial score (nSPS) is 21.1. The van der Waals surface area contributed by atoms with Gasteiger partial charge in [0.2, 0.25) is 0 Å². The first-order valence-electron chi connectivity index (χ1n) is 5.58. The van der Waals surface area contributed by atoms with E-state index in [1.165, 1.54) is 6.07 Å². The van der Waals surface area contributed by atoms with Gasteiger partial charge in [0.05, 0.1) is 18.7 Å². The standard InChI is InChI=1S/C11H14F3N3O/c1-15-10-7-17(4-5-18-10)9-3-2-8(6-16-9)11(12,13)14/h2-3,6,10,15H,4-5,7H2,1H3. The molecule has 1 unspecified atom stereocenters. The predicted octanol–water partition coefficient (Wildman–Crippen LogP) is 1.48. The van der Waals surface area contributed by atoms with Gasteiger partial charge in [-0.2, -0.15) is 13.2 Å². The number of nitrogens with one attached hydrogen (secondary N) is 1. The van der Waals surface area contributed by atoms with Gasteiger partial charge >= 0.3 is 6.18 Å². The maximum absolute atomic E-state index is 12.4. The molecule has 0 aliphatic carbocycles. The maximum atomic E-state index is 12.4. The molecule has 0 spiro atoms. The van der Waals surface area contributed by atoms with E-state index in [-0.39, 0.29) is 6.23 Å². The van der Waals surface area contributed by atoms with Gasteiger partial charge in [0.25, 0.3) is 0 Å². The van der Waals surface area contributed by atoms with Crippen molar-refractivity contribution < 1.29 is 17.9 Å². The first-order valence-corrected chi connectivity index (χ1v) is 5.58. The van der Waals surface area contributed by atoms with Crippen molar-refractivity contribution in [2.45, 2.75) is 12.4 Å². The summed E-state index contributed by atoms with van der Waals surface area (Å²) < 4.78 is 42.6. The quantitative estimate of drug-likeness (QED) is 0.875. The molecule has 0 aromatic carbocycles. The lowest BCUT2D eigenvalue weighted by Gasteiger charge is -2.33. The Morgan fingerprint density at radius 1 is 1.44 bits per heavy atom. The summed E-state index contributed by atoms with van der Waals surface area (Å²) in [7, 11) is 1.77. The van der Waals surface area contributed by atoms with E-state index in [0.29, 0.717) is 25.5 Å². The zero-order valence-corrected chi connectivity index (χ0v) is 9.87. The minimum Gasteiger partial charge on any atom is -0.360 e. The average molecular weight is 261 g/mol. The third-order valence-electron chi connectivity index (χ3n) is 2.79. The van der Waals surface area contributed by atoms with Gasteiger partial charge in [0, 0.05) is 12.7 Å². The fourth-order valence-electron chi connectivity index (χ4n) is 1.77. The second kappa shape index (κ2) is 5.11. The molecule has 0 radical (unpaired) electrons. The number of alkyl halides is 3. The van der Waals surface area contributed by atoms with Crippen LogP contribution in [0.15, 0.2) is 18.3 Å². The number of nitrogens with zero attached hydrogens (tertiary/aromatic N) is 2. The SMILES string of the molecule is CNC1CN(c2ccc(C(F)(F)F)cn2)CCO1. The van der Waals surface area contributed by atoms with Crippen molar-refractivity contribution in [1.29, 1.82) is 0 Å². The third-order valence-corrected chi connectivity index (χ3v) is 2.79. The molecule has 0 amide bonds. The van der Waals surface area contributed by atoms with E-state index in [0.717, 1.165) is 12.3 Å². The number of hydrogen-bond acceptors (Lipinski definition) is 4. The van der Waals surface area contributed by atoms with Gasteiger partial charge in [-0.15, -0.1) is 0 Å². The molecule has 0 bridgehead atoms. The zero-order chi connectivity index (χ0) is 13.2. The number of rotatable bonds is 2. The van der Waals surface area contributed by atoms with E-state index in [2.05, 4.69) is 10.3 Å². The van der Waals surface area contributed by atoms with Crippen LogP contribution in [0.25, 0.3) is 0 Å². The van der Waals surface area contributed by atoms with Crippen LogP contribution >= 0.6 is 0 Å². The number of ether oxygens (including phenoxy) is 1. The molecule has 1 fully saturated rings. The van der Waals surface area contributed by atoms with Gasteiger partial charge in [-0.1, -0.05) is 0 Å². The Balaban J connectivity index is 2.09. The second-order valence-electron chi connectivity index (χ2n) is 4.00. The molecule has 2 rings (SSSR count). The summed E-state index contributed by atoms with van der Waals surface area (Å²) in [6, 6.07) is 2.44. The molecule has 1 saturated heterocycles. The number of morpholine rings is 1. The highest BCUT2D eigenvalue weighted by atomic mass is 19.4. The van der Waals surface area contributed by atoms with Gasteiger partial charge in [-0.25, -0.2) is 4.98 Å². The second-order valence-corrected chi connectivity index (χ2v) is 4.00. The van der Waals surface area contributed by atoms with Gasteiger partial charge in [0.15, 0.2) is 0 Å². The molecule has 2 heterocycles. The molecule has 7 heteroatoms. The Morgan fingerprint density at radius 3 is 2.78 bits per heavy atom. The topological polar surface area (TPSA) is 37.4 Å². The van der Waals surface area contributed by atoms with Crippen molar-refractivity contribution in [3.8, 4) is 0 Å². The summed E-state index contributed by atoms with van der Waals surface area (Å²) in [4.78, 5) is 5.75. The average Bonchev–Trinajstić information content (AvgIpc) is 2.38. The Hall–Kier alpha value is -1.34. The van der Waals surface area contributed by atoms with E-state index in [1.807, 2.05) is 4.90 Å². The number of halogens is 3. The van der Waals surface area contributed by atoms with Crippen LogP contribution in [0.4, 0.5) is 19.0 Å². The highest BCUT2D eigenvalue weighted by molar-refractivity contribution is 5.40. The lowest BCUT2D eigenvalue weighted by molar-refractivity contribution is -0.137. The minimum atomic E-state index is -4.34. The first-order chi connectivity index (χ1) is 8.50. The van der Waals surface area contributed by atoms with E-state index in [4.69, 9.17) is 4.74 Å². The highest BCUT2D eigenvalue weighted by Gasteiger charge is 2.31. The Labute approximate surface area is 103 Å². The molecule has 1 atom stereocenters. The molecular formula is C11H14F3N3O. The van der Waals surface area contributed by atoms with Gasteiger partial charge in [-0.05, 0) is 19.2 Å². The van der Waals surface area contributed by atoms with Gasteiger partial charge in [-0.3, -0.25) is 5.32 Å². The highest BCUT2D eigenvalue weighted by Crippen LogP contribution is 2.29. The first kappa shape index (κ1) is 13.1. The molecule has 1 N–H and O–H groups in total. The van der Waals surface area contributed by atoms with Crippen LogP contribution in [0.3, 0.4) is 0 Å². The molecule has 100 valence electrons. The Morgan fingerprint density at radius 2 is 2.22 bits per heavy atom. The summed E-state index contributed by atoms with van der Waals surface area (Å²) in [5.74, 6) is 0.534. The van der Waals surface area contributed by atoms with Crippen molar-refractivity contribution in [2.75, 3.05) is 31.6 Å². The molecule has 18 heavy (non-hydrogen) atoms. The van der Waals surface area contributed by atoms with Crippen LogP contribution < -0.4 is 10.2 Å². The summed E-state index contributed by atoms with van der Waals surface area (Å²) in [6.45, 7) is 1.71. The lowest BCUT2D eigenvalue weighted by Crippen LogP contribution is -2.48. The molecule has 0 saturated carbocycles. The van der Waals surface area contributed by atoms with Crippen LogP contribution in [0, 0.1) is 0 Å². The monoisotopic (exact) mass is 261 g/mol. The summed E-state index contributed by atoms with van der Waals surface area (Å²) >= 11 is 0. The van der Waals surface area contributed by atoms with Crippen molar-refractivity contribution in [3.63, 3.8) is 0 Å². The number of likely N-dealkylation sites (N-methyl/N-ethyl adjacent to an activating group) is 1. The largest absolute Gasteiger partial charge is 0.417 e. The molecule has 4 nitrogen and oxygen atoms in total. The van der Waals surface area contributed by atoms with Crippen molar-refractivity contribution in [2.24, 2.45) is 0 Å². The fraction of sp³-hybridized carbons (Fsp3) is 0.545. The van der Waals surface area contributed by atoms with E-state index >= 15 is 0 Å². The molecule has 1 aliphatic rings. The number of pyridine rings is 1. The molecule has 1 aromatic heterocycles. The lowest BCUT2D eigenvalue weighted by atomic mass is 10.2. The molecular weight excluding hydrogens is 247 g/mol. The van der Waals surface area contributed by atoms with Gasteiger partial charge < -0.3 is 9.64 Å². The smallest absolute Gasteiger partial charge is 0.360 e. The van der Waals surface area contributed by atoms with Crippen LogP contribution in [0.2, 0.25) is 0 Å². The van der Waals surface area contributed by atoms with Crippen molar-refractivity contribution >= 4 is 5.82 Å². The fourth-order valence-corrected chi connectivity index (χ4v) is 1.77. The van der Waals surface area contributed by atoms with Crippen molar-refractivity contribution in [1.82, 2.24) is 10.3 Å².